The van der Waals surface area contributed by atoms with Crippen LogP contribution in [0.2, 0.25) is 5.02 Å². The van der Waals surface area contributed by atoms with E-state index in [1.165, 1.54) is 29.2 Å². The van der Waals surface area contributed by atoms with Gasteiger partial charge < -0.3 is 10.0 Å². The lowest BCUT2D eigenvalue weighted by Gasteiger charge is -2.19. The minimum absolute atomic E-state index is 0.0640. The summed E-state index contributed by atoms with van der Waals surface area (Å²) in [6, 6.07) is 4.15. The third-order valence-electron chi connectivity index (χ3n) is 2.41. The van der Waals surface area contributed by atoms with Crippen molar-refractivity contribution >= 4 is 23.2 Å². The molecule has 0 aliphatic heterocycles. The van der Waals surface area contributed by atoms with Gasteiger partial charge in [-0.2, -0.15) is 0 Å². The van der Waals surface area contributed by atoms with E-state index in [4.69, 9.17) is 16.7 Å². The standard InChI is InChI=1S/C12H13ClN2O4/c1-2-6-14(7-8-16)12(17)9-4-3-5-10(13)11(9)15(18)19/h2-5,16H,1,6-8H2. The summed E-state index contributed by atoms with van der Waals surface area (Å²) in [4.78, 5) is 23.7. The zero-order chi connectivity index (χ0) is 14.4. The minimum Gasteiger partial charge on any atom is -0.395 e. The van der Waals surface area contributed by atoms with Gasteiger partial charge in [-0.3, -0.25) is 14.9 Å². The van der Waals surface area contributed by atoms with Crippen molar-refractivity contribution in [2.45, 2.75) is 0 Å². The summed E-state index contributed by atoms with van der Waals surface area (Å²) >= 11 is 5.75. The molecule has 0 fully saturated rings. The van der Waals surface area contributed by atoms with Crippen molar-refractivity contribution in [3.05, 3.63) is 51.6 Å². The van der Waals surface area contributed by atoms with Gasteiger partial charge in [0.1, 0.15) is 10.6 Å². The van der Waals surface area contributed by atoms with Crippen molar-refractivity contribution in [2.75, 3.05) is 19.7 Å². The van der Waals surface area contributed by atoms with E-state index in [9.17, 15) is 14.9 Å². The Balaban J connectivity index is 3.20. The van der Waals surface area contributed by atoms with E-state index in [0.717, 1.165) is 0 Å². The van der Waals surface area contributed by atoms with Crippen LogP contribution in [0.5, 0.6) is 0 Å². The topological polar surface area (TPSA) is 83.7 Å². The minimum atomic E-state index is -0.694. The van der Waals surface area contributed by atoms with Gasteiger partial charge in [0.2, 0.25) is 0 Å². The van der Waals surface area contributed by atoms with Gasteiger partial charge in [0.15, 0.2) is 0 Å². The molecule has 1 aromatic rings. The number of benzene rings is 1. The smallest absolute Gasteiger partial charge is 0.300 e. The Hall–Kier alpha value is -1.92. The Morgan fingerprint density at radius 2 is 2.26 bits per heavy atom. The van der Waals surface area contributed by atoms with Gasteiger partial charge in [-0.05, 0) is 12.1 Å². The summed E-state index contributed by atoms with van der Waals surface area (Å²) < 4.78 is 0. The van der Waals surface area contributed by atoms with E-state index < -0.39 is 16.5 Å². The Kier molecular flexibility index (Phi) is 5.47. The molecule has 0 unspecified atom stereocenters. The van der Waals surface area contributed by atoms with Crippen LogP contribution in [0.3, 0.4) is 0 Å². The Labute approximate surface area is 115 Å². The molecule has 0 aliphatic carbocycles. The second-order valence-electron chi connectivity index (χ2n) is 3.66. The van der Waals surface area contributed by atoms with Crippen LogP contribution in [-0.2, 0) is 0 Å². The lowest BCUT2D eigenvalue weighted by molar-refractivity contribution is -0.385. The van der Waals surface area contributed by atoms with E-state index in [1.807, 2.05) is 0 Å². The van der Waals surface area contributed by atoms with E-state index in [-0.39, 0.29) is 30.3 Å². The molecule has 0 bridgehead atoms. The van der Waals surface area contributed by atoms with E-state index in [2.05, 4.69) is 6.58 Å². The van der Waals surface area contributed by atoms with Crippen molar-refractivity contribution in [2.24, 2.45) is 0 Å². The first-order chi connectivity index (χ1) is 9.02. The van der Waals surface area contributed by atoms with Crippen molar-refractivity contribution in [3.63, 3.8) is 0 Å². The highest BCUT2D eigenvalue weighted by Crippen LogP contribution is 2.29. The van der Waals surface area contributed by atoms with Gasteiger partial charge in [0, 0.05) is 13.1 Å². The molecular weight excluding hydrogens is 272 g/mol. The molecule has 1 N–H and O–H groups in total. The fraction of sp³-hybridized carbons (Fsp3) is 0.250. The molecule has 0 spiro atoms. The number of rotatable bonds is 6. The van der Waals surface area contributed by atoms with Gasteiger partial charge in [0.25, 0.3) is 5.91 Å². The molecular formula is C12H13ClN2O4. The molecule has 1 rings (SSSR count). The number of hydrogen-bond donors (Lipinski definition) is 1. The fourth-order valence-electron chi connectivity index (χ4n) is 1.60. The second kappa shape index (κ2) is 6.86. The van der Waals surface area contributed by atoms with E-state index >= 15 is 0 Å². The molecule has 0 heterocycles. The fourth-order valence-corrected chi connectivity index (χ4v) is 1.84. The highest BCUT2D eigenvalue weighted by Gasteiger charge is 2.26. The van der Waals surface area contributed by atoms with Crippen LogP contribution in [-0.4, -0.2) is 40.5 Å². The number of amides is 1. The number of hydrogen-bond acceptors (Lipinski definition) is 4. The van der Waals surface area contributed by atoms with Crippen molar-refractivity contribution in [1.82, 2.24) is 4.90 Å². The van der Waals surface area contributed by atoms with Gasteiger partial charge in [0.05, 0.1) is 11.5 Å². The van der Waals surface area contributed by atoms with Crippen LogP contribution in [0.25, 0.3) is 0 Å². The molecule has 0 aromatic heterocycles. The Bertz CT molecular complexity index is 505. The second-order valence-corrected chi connectivity index (χ2v) is 4.06. The van der Waals surface area contributed by atoms with Gasteiger partial charge in [-0.25, -0.2) is 0 Å². The molecule has 0 saturated carbocycles. The lowest BCUT2D eigenvalue weighted by Crippen LogP contribution is -2.34. The monoisotopic (exact) mass is 284 g/mol. The van der Waals surface area contributed by atoms with Crippen LogP contribution in [0.15, 0.2) is 30.9 Å². The largest absolute Gasteiger partial charge is 0.395 e. The number of carbonyl (C=O) groups excluding carboxylic acids is 1. The number of aliphatic hydroxyl groups is 1. The molecule has 0 saturated heterocycles. The zero-order valence-electron chi connectivity index (χ0n) is 10.1. The summed E-state index contributed by atoms with van der Waals surface area (Å²) in [5.41, 5.74) is -0.533. The predicted molar refractivity (Wildman–Crippen MR) is 71.3 cm³/mol. The highest BCUT2D eigenvalue weighted by molar-refractivity contribution is 6.33. The number of halogens is 1. The molecule has 0 atom stereocenters. The predicted octanol–water partition coefficient (Wildman–Crippen LogP) is 1.87. The van der Waals surface area contributed by atoms with Crippen LogP contribution in [0.1, 0.15) is 10.4 Å². The summed E-state index contributed by atoms with van der Waals surface area (Å²) in [6.45, 7) is 3.50. The third-order valence-corrected chi connectivity index (χ3v) is 2.71. The number of nitrogens with zero attached hydrogens (tertiary/aromatic N) is 2. The average Bonchev–Trinajstić information content (AvgIpc) is 2.37. The van der Waals surface area contributed by atoms with Crippen LogP contribution >= 0.6 is 11.6 Å². The normalized spacial score (nSPS) is 10.0. The number of nitro groups is 1. The van der Waals surface area contributed by atoms with Gasteiger partial charge >= 0.3 is 5.69 Å². The Morgan fingerprint density at radius 3 is 2.79 bits per heavy atom. The zero-order valence-corrected chi connectivity index (χ0v) is 10.8. The van der Waals surface area contributed by atoms with Crippen LogP contribution in [0.4, 0.5) is 5.69 Å². The summed E-state index contributed by atoms with van der Waals surface area (Å²) in [5.74, 6) is -0.567. The summed E-state index contributed by atoms with van der Waals surface area (Å²) in [7, 11) is 0. The first-order valence-electron chi connectivity index (χ1n) is 5.46. The maximum atomic E-state index is 12.2. The highest BCUT2D eigenvalue weighted by atomic mass is 35.5. The molecule has 0 aliphatic rings. The Morgan fingerprint density at radius 1 is 1.58 bits per heavy atom. The molecule has 0 radical (unpaired) electrons. The molecule has 6 nitrogen and oxygen atoms in total. The van der Waals surface area contributed by atoms with Gasteiger partial charge in [-0.1, -0.05) is 23.7 Å². The molecule has 1 aromatic carbocycles. The maximum absolute atomic E-state index is 12.2. The van der Waals surface area contributed by atoms with E-state index in [1.54, 1.807) is 0 Å². The molecule has 1 amide bonds. The number of carbonyl (C=O) groups is 1. The maximum Gasteiger partial charge on any atom is 0.300 e. The summed E-state index contributed by atoms with van der Waals surface area (Å²) in [6.07, 6.45) is 1.48. The number of aliphatic hydroxyl groups excluding tert-OH is 1. The SMILES string of the molecule is C=CCN(CCO)C(=O)c1cccc(Cl)c1[N+](=O)[O-]. The van der Waals surface area contributed by atoms with Crippen molar-refractivity contribution < 1.29 is 14.8 Å². The molecule has 102 valence electrons. The average molecular weight is 285 g/mol. The third kappa shape index (κ3) is 3.52. The number of para-hydroxylation sites is 1. The van der Waals surface area contributed by atoms with Crippen molar-refractivity contribution in [3.8, 4) is 0 Å². The number of nitro benzene ring substituents is 1. The van der Waals surface area contributed by atoms with Crippen LogP contribution in [0, 0.1) is 10.1 Å². The van der Waals surface area contributed by atoms with Crippen molar-refractivity contribution in [1.29, 1.82) is 0 Å². The molecule has 7 heteroatoms. The first-order valence-corrected chi connectivity index (χ1v) is 5.84. The molecule has 19 heavy (non-hydrogen) atoms. The van der Waals surface area contributed by atoms with E-state index in [0.29, 0.717) is 0 Å². The quantitative estimate of drug-likeness (QED) is 0.491. The first kappa shape index (κ1) is 15.1. The summed E-state index contributed by atoms with van der Waals surface area (Å²) in [5, 5.41) is 19.8. The van der Waals surface area contributed by atoms with Crippen LogP contribution < -0.4 is 0 Å². The lowest BCUT2D eigenvalue weighted by atomic mass is 10.1. The van der Waals surface area contributed by atoms with Gasteiger partial charge in [-0.15, -0.1) is 6.58 Å².